The molecular weight excluding hydrogens is 226 g/mol. The second-order valence-electron chi connectivity index (χ2n) is 5.50. The molecule has 0 aromatic carbocycles. The zero-order valence-corrected chi connectivity index (χ0v) is 12.2. The summed E-state index contributed by atoms with van der Waals surface area (Å²) in [6.45, 7) is 6.00. The Hall–Kier alpha value is -0.610. The van der Waals surface area contributed by atoms with Crippen LogP contribution in [0.3, 0.4) is 0 Å². The Morgan fingerprint density at radius 3 is 2.67 bits per heavy atom. The summed E-state index contributed by atoms with van der Waals surface area (Å²) in [5.41, 5.74) is 0. The molecular formula is C14H29N3O. The van der Waals surface area contributed by atoms with E-state index in [9.17, 15) is 4.79 Å². The van der Waals surface area contributed by atoms with Crippen molar-refractivity contribution in [2.24, 2.45) is 0 Å². The second kappa shape index (κ2) is 8.48. The number of carbonyl (C=O) groups is 1. The van der Waals surface area contributed by atoms with Gasteiger partial charge >= 0.3 is 0 Å². The Balaban J connectivity index is 2.21. The molecule has 1 saturated heterocycles. The van der Waals surface area contributed by atoms with Crippen LogP contribution in [0.2, 0.25) is 0 Å². The molecule has 1 aliphatic heterocycles. The molecule has 1 fully saturated rings. The molecule has 1 atom stereocenters. The average Bonchev–Trinajstić information content (AvgIpc) is 2.82. The van der Waals surface area contributed by atoms with E-state index in [0.29, 0.717) is 6.54 Å². The molecule has 1 aliphatic rings. The largest absolute Gasteiger partial charge is 0.348 e. The quantitative estimate of drug-likeness (QED) is 0.710. The highest BCUT2D eigenvalue weighted by Gasteiger charge is 2.15. The monoisotopic (exact) mass is 255 g/mol. The Kier molecular flexibility index (Phi) is 7.28. The van der Waals surface area contributed by atoms with Crippen LogP contribution in [0, 0.1) is 0 Å². The Labute approximate surface area is 112 Å². The summed E-state index contributed by atoms with van der Waals surface area (Å²) in [5.74, 6) is 0.211. The standard InChI is InChI=1S/C14H29N3O/c1-4-10-17(12-14(18)16(2)3)11-6-8-13-7-5-9-15-13/h13,15H,4-12H2,1-3H3. The van der Waals surface area contributed by atoms with Crippen LogP contribution in [-0.2, 0) is 4.79 Å². The van der Waals surface area contributed by atoms with Gasteiger partial charge in [0.1, 0.15) is 0 Å². The summed E-state index contributed by atoms with van der Waals surface area (Å²) in [6, 6.07) is 0.720. The molecule has 4 heteroatoms. The first-order chi connectivity index (χ1) is 8.63. The van der Waals surface area contributed by atoms with E-state index in [1.165, 1.54) is 32.2 Å². The van der Waals surface area contributed by atoms with Gasteiger partial charge in [0.25, 0.3) is 0 Å². The number of likely N-dealkylation sites (N-methyl/N-ethyl adjacent to an activating group) is 1. The summed E-state index contributed by atoms with van der Waals surface area (Å²) >= 11 is 0. The van der Waals surface area contributed by atoms with E-state index in [1.54, 1.807) is 4.90 Å². The molecule has 1 amide bonds. The Morgan fingerprint density at radius 2 is 2.11 bits per heavy atom. The maximum absolute atomic E-state index is 11.7. The zero-order chi connectivity index (χ0) is 13.4. The fraction of sp³-hybridized carbons (Fsp3) is 0.929. The molecule has 106 valence electrons. The third kappa shape index (κ3) is 5.83. The van der Waals surface area contributed by atoms with Gasteiger partial charge in [0.15, 0.2) is 0 Å². The smallest absolute Gasteiger partial charge is 0.236 e. The lowest BCUT2D eigenvalue weighted by Crippen LogP contribution is -2.38. The highest BCUT2D eigenvalue weighted by atomic mass is 16.2. The molecule has 0 saturated carbocycles. The molecule has 0 bridgehead atoms. The van der Waals surface area contributed by atoms with Gasteiger partial charge in [-0.1, -0.05) is 6.92 Å². The second-order valence-corrected chi connectivity index (χ2v) is 5.50. The maximum atomic E-state index is 11.7. The van der Waals surface area contributed by atoms with Crippen LogP contribution >= 0.6 is 0 Å². The SMILES string of the molecule is CCCN(CCCC1CCCN1)CC(=O)N(C)C. The van der Waals surface area contributed by atoms with Gasteiger partial charge in [0.05, 0.1) is 6.54 Å². The van der Waals surface area contributed by atoms with Gasteiger partial charge in [0.2, 0.25) is 5.91 Å². The van der Waals surface area contributed by atoms with Crippen molar-refractivity contribution in [3.05, 3.63) is 0 Å². The van der Waals surface area contributed by atoms with Crippen LogP contribution in [0.25, 0.3) is 0 Å². The van der Waals surface area contributed by atoms with Crippen LogP contribution in [-0.4, -0.2) is 62.0 Å². The number of hydrogen-bond acceptors (Lipinski definition) is 3. The Morgan fingerprint density at radius 1 is 1.33 bits per heavy atom. The predicted molar refractivity (Wildman–Crippen MR) is 75.7 cm³/mol. The molecule has 1 rings (SSSR count). The normalized spacial score (nSPS) is 19.4. The van der Waals surface area contributed by atoms with E-state index >= 15 is 0 Å². The number of amides is 1. The third-order valence-electron chi connectivity index (χ3n) is 3.59. The van der Waals surface area contributed by atoms with Crippen molar-refractivity contribution in [2.45, 2.75) is 45.1 Å². The minimum atomic E-state index is 0.211. The van der Waals surface area contributed by atoms with E-state index in [1.807, 2.05) is 14.1 Å². The first-order valence-electron chi connectivity index (χ1n) is 7.29. The van der Waals surface area contributed by atoms with Gasteiger partial charge in [0, 0.05) is 20.1 Å². The summed E-state index contributed by atoms with van der Waals surface area (Å²) in [5, 5.41) is 3.53. The minimum Gasteiger partial charge on any atom is -0.348 e. The lowest BCUT2D eigenvalue weighted by atomic mass is 10.1. The number of nitrogens with one attached hydrogen (secondary N) is 1. The van der Waals surface area contributed by atoms with Crippen molar-refractivity contribution in [3.63, 3.8) is 0 Å². The van der Waals surface area contributed by atoms with Crippen molar-refractivity contribution in [1.29, 1.82) is 0 Å². The minimum absolute atomic E-state index is 0.211. The van der Waals surface area contributed by atoms with Crippen molar-refractivity contribution in [1.82, 2.24) is 15.1 Å². The molecule has 1 N–H and O–H groups in total. The van der Waals surface area contributed by atoms with Gasteiger partial charge in [-0.3, -0.25) is 9.69 Å². The van der Waals surface area contributed by atoms with Crippen LogP contribution in [0.15, 0.2) is 0 Å². The van der Waals surface area contributed by atoms with E-state index in [4.69, 9.17) is 0 Å². The molecule has 4 nitrogen and oxygen atoms in total. The van der Waals surface area contributed by atoms with Crippen molar-refractivity contribution in [3.8, 4) is 0 Å². The molecule has 18 heavy (non-hydrogen) atoms. The van der Waals surface area contributed by atoms with Crippen molar-refractivity contribution in [2.75, 3.05) is 40.3 Å². The van der Waals surface area contributed by atoms with E-state index < -0.39 is 0 Å². The predicted octanol–water partition coefficient (Wildman–Crippen LogP) is 1.32. The summed E-state index contributed by atoms with van der Waals surface area (Å²) in [6.07, 6.45) is 6.20. The number of hydrogen-bond donors (Lipinski definition) is 1. The molecule has 0 radical (unpaired) electrons. The van der Waals surface area contributed by atoms with Gasteiger partial charge < -0.3 is 10.2 Å². The first kappa shape index (κ1) is 15.4. The lowest BCUT2D eigenvalue weighted by molar-refractivity contribution is -0.129. The van der Waals surface area contributed by atoms with Gasteiger partial charge in [-0.15, -0.1) is 0 Å². The molecule has 0 spiro atoms. The topological polar surface area (TPSA) is 35.6 Å². The summed E-state index contributed by atoms with van der Waals surface area (Å²) < 4.78 is 0. The lowest BCUT2D eigenvalue weighted by Gasteiger charge is -2.23. The highest BCUT2D eigenvalue weighted by Crippen LogP contribution is 2.11. The maximum Gasteiger partial charge on any atom is 0.236 e. The van der Waals surface area contributed by atoms with Crippen LogP contribution in [0.1, 0.15) is 39.0 Å². The van der Waals surface area contributed by atoms with E-state index in [-0.39, 0.29) is 5.91 Å². The third-order valence-corrected chi connectivity index (χ3v) is 3.59. The van der Waals surface area contributed by atoms with Gasteiger partial charge in [-0.2, -0.15) is 0 Å². The summed E-state index contributed by atoms with van der Waals surface area (Å²) in [4.78, 5) is 15.7. The van der Waals surface area contributed by atoms with Gasteiger partial charge in [-0.25, -0.2) is 0 Å². The average molecular weight is 255 g/mol. The zero-order valence-electron chi connectivity index (χ0n) is 12.2. The van der Waals surface area contributed by atoms with Crippen LogP contribution in [0.5, 0.6) is 0 Å². The van der Waals surface area contributed by atoms with Crippen molar-refractivity contribution < 1.29 is 4.79 Å². The van der Waals surface area contributed by atoms with Gasteiger partial charge in [-0.05, 0) is 51.7 Å². The fourth-order valence-electron chi connectivity index (χ4n) is 2.48. The Bertz CT molecular complexity index is 237. The van der Waals surface area contributed by atoms with Crippen LogP contribution in [0.4, 0.5) is 0 Å². The molecule has 1 heterocycles. The molecule has 0 aromatic rings. The van der Waals surface area contributed by atoms with Crippen molar-refractivity contribution >= 4 is 5.91 Å². The molecule has 1 unspecified atom stereocenters. The number of nitrogens with zero attached hydrogens (tertiary/aromatic N) is 2. The summed E-state index contributed by atoms with van der Waals surface area (Å²) in [7, 11) is 3.66. The van der Waals surface area contributed by atoms with Crippen LogP contribution < -0.4 is 5.32 Å². The molecule has 0 aromatic heterocycles. The number of rotatable bonds is 8. The van der Waals surface area contributed by atoms with E-state index in [2.05, 4.69) is 17.1 Å². The number of carbonyl (C=O) groups excluding carboxylic acids is 1. The van der Waals surface area contributed by atoms with E-state index in [0.717, 1.165) is 25.6 Å². The molecule has 0 aliphatic carbocycles. The first-order valence-corrected chi connectivity index (χ1v) is 7.29. The highest BCUT2D eigenvalue weighted by molar-refractivity contribution is 5.77. The fourth-order valence-corrected chi connectivity index (χ4v) is 2.48.